The Labute approximate surface area is 206 Å². The summed E-state index contributed by atoms with van der Waals surface area (Å²) in [5.41, 5.74) is 2.32. The molecule has 2 aliphatic rings. The van der Waals surface area contributed by atoms with Crippen molar-refractivity contribution < 1.29 is 18.7 Å². The second kappa shape index (κ2) is 10.8. The molecular weight excluding hydrogens is 442 g/mol. The molecular formula is C28H33N3O4. The average molecular weight is 476 g/mol. The van der Waals surface area contributed by atoms with Crippen molar-refractivity contribution >= 4 is 11.6 Å². The minimum Gasteiger partial charge on any atom is -0.493 e. The third-order valence-corrected chi connectivity index (χ3v) is 7.03. The smallest absolute Gasteiger partial charge is 0.230 e. The van der Waals surface area contributed by atoms with Crippen molar-refractivity contribution in [2.45, 2.75) is 50.7 Å². The van der Waals surface area contributed by atoms with Crippen LogP contribution in [-0.2, 0) is 17.6 Å². The molecule has 184 valence electrons. The number of hydrogen-bond donors (Lipinski definition) is 0. The fourth-order valence-corrected chi connectivity index (χ4v) is 5.20. The number of carbonyl (C=O) groups is 1. The molecule has 2 aromatic carbocycles. The first-order valence-corrected chi connectivity index (χ1v) is 12.5. The first-order valence-electron chi connectivity index (χ1n) is 12.5. The summed E-state index contributed by atoms with van der Waals surface area (Å²) in [5, 5.41) is 0. The van der Waals surface area contributed by atoms with E-state index >= 15 is 0 Å². The van der Waals surface area contributed by atoms with Crippen LogP contribution in [0.25, 0.3) is 0 Å². The molecule has 1 unspecified atom stereocenters. The molecule has 0 N–H and O–H groups in total. The minimum atomic E-state index is 0.0443. The van der Waals surface area contributed by atoms with Crippen molar-refractivity contribution in [1.29, 1.82) is 0 Å². The molecule has 7 heteroatoms. The molecule has 5 rings (SSSR count). The van der Waals surface area contributed by atoms with E-state index in [1.54, 1.807) is 13.3 Å². The maximum Gasteiger partial charge on any atom is 0.230 e. The summed E-state index contributed by atoms with van der Waals surface area (Å²) in [6.07, 6.45) is 8.90. The number of methoxy groups -OCH3 is 1. The Bertz CT molecular complexity index is 1100. The highest BCUT2D eigenvalue weighted by Crippen LogP contribution is 2.36. The van der Waals surface area contributed by atoms with Crippen LogP contribution in [0.1, 0.15) is 37.0 Å². The molecule has 0 bridgehead atoms. The van der Waals surface area contributed by atoms with Crippen molar-refractivity contribution in [2.24, 2.45) is 0 Å². The molecule has 1 aliphatic heterocycles. The molecule has 1 saturated heterocycles. The van der Waals surface area contributed by atoms with Gasteiger partial charge in [-0.2, -0.15) is 0 Å². The van der Waals surface area contributed by atoms with Crippen molar-refractivity contribution in [3.63, 3.8) is 0 Å². The van der Waals surface area contributed by atoms with Crippen LogP contribution in [-0.4, -0.2) is 54.7 Å². The van der Waals surface area contributed by atoms with Gasteiger partial charge in [0.15, 0.2) is 17.9 Å². The van der Waals surface area contributed by atoms with Crippen molar-refractivity contribution in [3.05, 3.63) is 72.4 Å². The molecule has 3 aromatic rings. The lowest BCUT2D eigenvalue weighted by atomic mass is 10.0. The zero-order valence-corrected chi connectivity index (χ0v) is 20.3. The Morgan fingerprint density at radius 2 is 1.91 bits per heavy atom. The van der Waals surface area contributed by atoms with E-state index in [0.29, 0.717) is 12.3 Å². The van der Waals surface area contributed by atoms with E-state index in [1.165, 1.54) is 24.8 Å². The number of ether oxygens (including phenoxy) is 2. The molecule has 35 heavy (non-hydrogen) atoms. The fraction of sp³-hybridized carbons (Fsp3) is 0.429. The topological polar surface area (TPSA) is 68.0 Å². The van der Waals surface area contributed by atoms with Crippen molar-refractivity contribution in [3.8, 4) is 11.5 Å². The van der Waals surface area contributed by atoms with Crippen LogP contribution in [0.3, 0.4) is 0 Å². The number of amides is 1. The summed E-state index contributed by atoms with van der Waals surface area (Å²) < 4.78 is 17.3. The van der Waals surface area contributed by atoms with Crippen LogP contribution < -0.4 is 14.4 Å². The zero-order chi connectivity index (χ0) is 24.0. The van der Waals surface area contributed by atoms with Gasteiger partial charge in [0.1, 0.15) is 5.76 Å². The summed E-state index contributed by atoms with van der Waals surface area (Å²) in [6, 6.07) is 16.6. The number of anilines is 1. The van der Waals surface area contributed by atoms with E-state index in [9.17, 15) is 4.79 Å². The highest BCUT2D eigenvalue weighted by Gasteiger charge is 2.31. The second-order valence-corrected chi connectivity index (χ2v) is 9.38. The van der Waals surface area contributed by atoms with Gasteiger partial charge in [0, 0.05) is 31.4 Å². The van der Waals surface area contributed by atoms with Gasteiger partial charge in [0.05, 0.1) is 31.9 Å². The van der Waals surface area contributed by atoms with Crippen molar-refractivity contribution in [1.82, 2.24) is 9.88 Å². The van der Waals surface area contributed by atoms with Gasteiger partial charge in [-0.15, -0.1) is 0 Å². The number of hydrogen-bond acceptors (Lipinski definition) is 6. The normalized spacial score (nSPS) is 18.6. The molecule has 1 atom stereocenters. The average Bonchev–Trinajstić information content (AvgIpc) is 3.59. The molecule has 1 aromatic heterocycles. The molecule has 0 radical (unpaired) electrons. The number of piperazine rings is 1. The molecule has 2 fully saturated rings. The van der Waals surface area contributed by atoms with Crippen LogP contribution >= 0.6 is 0 Å². The van der Waals surface area contributed by atoms with E-state index in [4.69, 9.17) is 13.9 Å². The minimum absolute atomic E-state index is 0.0443. The second-order valence-electron chi connectivity index (χ2n) is 9.38. The maximum atomic E-state index is 13.2. The van der Waals surface area contributed by atoms with Crippen LogP contribution in [0.15, 0.2) is 65.5 Å². The summed E-state index contributed by atoms with van der Waals surface area (Å²) >= 11 is 0. The van der Waals surface area contributed by atoms with E-state index < -0.39 is 0 Å². The SMILES string of the molecule is COc1ccc(N2CCN(C(=O)Cc3cnco3)C(Cc3ccccc3)C2)cc1OC1CCCC1. The zero-order valence-electron chi connectivity index (χ0n) is 20.3. The number of oxazole rings is 1. The maximum absolute atomic E-state index is 13.2. The third kappa shape index (κ3) is 5.61. The summed E-state index contributed by atoms with van der Waals surface area (Å²) in [6.45, 7) is 2.14. The summed E-state index contributed by atoms with van der Waals surface area (Å²) in [4.78, 5) is 21.5. The lowest BCUT2D eigenvalue weighted by Gasteiger charge is -2.43. The molecule has 2 heterocycles. The Hall–Kier alpha value is -3.48. The lowest BCUT2D eigenvalue weighted by Crippen LogP contribution is -2.56. The highest BCUT2D eigenvalue weighted by molar-refractivity contribution is 5.79. The van der Waals surface area contributed by atoms with Gasteiger partial charge in [0.2, 0.25) is 5.91 Å². The van der Waals surface area contributed by atoms with E-state index in [0.717, 1.165) is 49.5 Å². The van der Waals surface area contributed by atoms with Crippen LogP contribution in [0.4, 0.5) is 5.69 Å². The predicted octanol–water partition coefficient (Wildman–Crippen LogP) is 4.51. The molecule has 1 aliphatic carbocycles. The van der Waals surface area contributed by atoms with E-state index in [-0.39, 0.29) is 24.5 Å². The van der Waals surface area contributed by atoms with Crippen LogP contribution in [0, 0.1) is 0 Å². The number of rotatable bonds is 8. The van der Waals surface area contributed by atoms with Crippen LogP contribution in [0.5, 0.6) is 11.5 Å². The van der Waals surface area contributed by atoms with Gasteiger partial charge in [-0.05, 0) is 49.8 Å². The van der Waals surface area contributed by atoms with Crippen molar-refractivity contribution in [2.75, 3.05) is 31.6 Å². The lowest BCUT2D eigenvalue weighted by molar-refractivity contribution is -0.133. The quantitative estimate of drug-likeness (QED) is 0.478. The summed E-state index contributed by atoms with van der Waals surface area (Å²) in [7, 11) is 1.69. The van der Waals surface area contributed by atoms with Gasteiger partial charge in [-0.25, -0.2) is 4.98 Å². The standard InChI is InChI=1S/C28H33N3O4/c1-33-26-12-11-22(16-27(26)35-24-9-5-6-10-24)30-13-14-31(28(32)17-25-18-29-20-34-25)23(19-30)15-21-7-3-2-4-8-21/h2-4,7-8,11-12,16,18,20,23-24H,5-6,9-10,13-15,17,19H2,1H3. The Morgan fingerprint density at radius 1 is 1.09 bits per heavy atom. The van der Waals surface area contributed by atoms with Crippen LogP contribution in [0.2, 0.25) is 0 Å². The Balaban J connectivity index is 1.35. The largest absolute Gasteiger partial charge is 0.493 e. The van der Waals surface area contributed by atoms with E-state index in [1.807, 2.05) is 29.2 Å². The fourth-order valence-electron chi connectivity index (χ4n) is 5.20. The number of carbonyl (C=O) groups excluding carboxylic acids is 1. The Morgan fingerprint density at radius 3 is 2.66 bits per heavy atom. The molecule has 7 nitrogen and oxygen atoms in total. The highest BCUT2D eigenvalue weighted by atomic mass is 16.5. The first kappa shape index (κ1) is 23.3. The number of benzene rings is 2. The number of aromatic nitrogens is 1. The van der Waals surface area contributed by atoms with Gasteiger partial charge in [-0.1, -0.05) is 30.3 Å². The van der Waals surface area contributed by atoms with Gasteiger partial charge >= 0.3 is 0 Å². The van der Waals surface area contributed by atoms with Gasteiger partial charge in [-0.3, -0.25) is 4.79 Å². The first-order chi connectivity index (χ1) is 17.2. The summed E-state index contributed by atoms with van der Waals surface area (Å²) in [5.74, 6) is 2.24. The number of nitrogens with zero attached hydrogens (tertiary/aromatic N) is 3. The van der Waals surface area contributed by atoms with Gasteiger partial charge in [0.25, 0.3) is 0 Å². The molecule has 1 amide bonds. The third-order valence-electron chi connectivity index (χ3n) is 7.03. The monoisotopic (exact) mass is 475 g/mol. The Kier molecular flexibility index (Phi) is 7.21. The van der Waals surface area contributed by atoms with Gasteiger partial charge < -0.3 is 23.7 Å². The molecule has 1 saturated carbocycles. The van der Waals surface area contributed by atoms with E-state index in [2.05, 4.69) is 34.1 Å². The molecule has 0 spiro atoms. The predicted molar refractivity (Wildman–Crippen MR) is 134 cm³/mol.